The summed E-state index contributed by atoms with van der Waals surface area (Å²) in [5.74, 6) is 0.0156. The molecule has 1 aliphatic heterocycles. The van der Waals surface area contributed by atoms with E-state index in [0.29, 0.717) is 23.6 Å². The van der Waals surface area contributed by atoms with Gasteiger partial charge >= 0.3 is 0 Å². The summed E-state index contributed by atoms with van der Waals surface area (Å²) in [6.07, 6.45) is 0. The van der Waals surface area contributed by atoms with Crippen LogP contribution in [0.1, 0.15) is 29.2 Å². The molecular formula is C22H24N2O3. The largest absolute Gasteiger partial charge is 0.495 e. The third-order valence-electron chi connectivity index (χ3n) is 4.89. The highest BCUT2D eigenvalue weighted by atomic mass is 16.5. The van der Waals surface area contributed by atoms with Gasteiger partial charge in [-0.2, -0.15) is 0 Å². The van der Waals surface area contributed by atoms with Crippen LogP contribution in [0.3, 0.4) is 0 Å². The van der Waals surface area contributed by atoms with Crippen LogP contribution in [-0.2, 0) is 9.59 Å². The molecule has 5 heteroatoms. The molecule has 140 valence electrons. The molecular weight excluding hydrogens is 340 g/mol. The molecule has 3 rings (SSSR count). The van der Waals surface area contributed by atoms with E-state index in [0.717, 1.165) is 22.3 Å². The lowest BCUT2D eigenvalue weighted by atomic mass is 9.99. The molecule has 0 bridgehead atoms. The number of carbonyl (C=O) groups is 2. The highest BCUT2D eigenvalue weighted by Crippen LogP contribution is 2.34. The Morgan fingerprint density at radius 2 is 1.70 bits per heavy atom. The molecule has 1 aliphatic rings. The number of hydrogen-bond acceptors (Lipinski definition) is 4. The number of benzene rings is 2. The molecule has 0 radical (unpaired) electrons. The average molecular weight is 364 g/mol. The summed E-state index contributed by atoms with van der Waals surface area (Å²) in [7, 11) is 1.58. The number of rotatable bonds is 5. The number of anilines is 1. The fraction of sp³-hybridized carbons (Fsp3) is 0.273. The second kappa shape index (κ2) is 7.27. The third-order valence-corrected chi connectivity index (χ3v) is 4.89. The minimum Gasteiger partial charge on any atom is -0.495 e. The first-order valence-electron chi connectivity index (χ1n) is 8.97. The van der Waals surface area contributed by atoms with Crippen molar-refractivity contribution in [3.8, 4) is 5.75 Å². The van der Waals surface area contributed by atoms with Gasteiger partial charge in [0, 0.05) is 6.54 Å². The number of methoxy groups -OCH3 is 1. The number of carbonyl (C=O) groups excluding carboxylic acids is 2. The van der Waals surface area contributed by atoms with E-state index in [1.54, 1.807) is 14.0 Å². The van der Waals surface area contributed by atoms with Crippen LogP contribution in [-0.4, -0.2) is 30.4 Å². The standard InChI is InChI=1S/C22H24N2O3/c1-6-24-21(25)19(16-9-8-14(3)15(4)12-16)20(22(24)26)23-17-11-13(2)7-10-18(17)27-5/h7-12,23H,6H2,1-5H3. The molecule has 1 N–H and O–H groups in total. The number of ether oxygens (including phenoxy) is 1. The summed E-state index contributed by atoms with van der Waals surface area (Å²) in [5.41, 5.74) is 5.31. The number of likely N-dealkylation sites (N-methyl/N-ethyl adjacent to an activating group) is 1. The van der Waals surface area contributed by atoms with Crippen molar-refractivity contribution in [1.82, 2.24) is 4.90 Å². The van der Waals surface area contributed by atoms with E-state index in [1.165, 1.54) is 4.90 Å². The Kier molecular flexibility index (Phi) is 5.04. The monoisotopic (exact) mass is 364 g/mol. The normalized spacial score (nSPS) is 14.2. The van der Waals surface area contributed by atoms with E-state index in [2.05, 4.69) is 5.32 Å². The van der Waals surface area contributed by atoms with Gasteiger partial charge in [0.15, 0.2) is 0 Å². The molecule has 0 saturated carbocycles. The summed E-state index contributed by atoms with van der Waals surface area (Å²) >= 11 is 0. The molecule has 2 amide bonds. The van der Waals surface area contributed by atoms with Crippen LogP contribution in [0.2, 0.25) is 0 Å². The second-order valence-electron chi connectivity index (χ2n) is 6.73. The third kappa shape index (κ3) is 3.33. The van der Waals surface area contributed by atoms with E-state index >= 15 is 0 Å². The smallest absolute Gasteiger partial charge is 0.278 e. The zero-order chi connectivity index (χ0) is 19.7. The van der Waals surface area contributed by atoms with Gasteiger partial charge in [0.05, 0.1) is 18.4 Å². The quantitative estimate of drug-likeness (QED) is 0.819. The molecule has 0 aliphatic carbocycles. The number of hydrogen-bond donors (Lipinski definition) is 1. The molecule has 2 aromatic carbocycles. The topological polar surface area (TPSA) is 58.6 Å². The highest BCUT2D eigenvalue weighted by Gasteiger charge is 2.38. The molecule has 0 aromatic heterocycles. The van der Waals surface area contributed by atoms with Gasteiger partial charge in [0.25, 0.3) is 11.8 Å². The molecule has 2 aromatic rings. The lowest BCUT2D eigenvalue weighted by molar-refractivity contribution is -0.136. The Labute approximate surface area is 159 Å². The van der Waals surface area contributed by atoms with E-state index in [4.69, 9.17) is 4.74 Å². The first-order chi connectivity index (χ1) is 12.9. The fourth-order valence-electron chi connectivity index (χ4n) is 3.20. The molecule has 0 unspecified atom stereocenters. The van der Waals surface area contributed by atoms with Gasteiger partial charge in [-0.25, -0.2) is 0 Å². The summed E-state index contributed by atoms with van der Waals surface area (Å²) < 4.78 is 5.41. The van der Waals surface area contributed by atoms with E-state index in [-0.39, 0.29) is 17.5 Å². The van der Waals surface area contributed by atoms with Crippen LogP contribution in [0, 0.1) is 20.8 Å². The number of amides is 2. The average Bonchev–Trinajstić information content (AvgIpc) is 2.87. The van der Waals surface area contributed by atoms with Crippen molar-refractivity contribution in [2.75, 3.05) is 19.0 Å². The van der Waals surface area contributed by atoms with Gasteiger partial charge in [-0.05, 0) is 62.1 Å². The summed E-state index contributed by atoms with van der Waals surface area (Å²) in [6, 6.07) is 11.5. The van der Waals surface area contributed by atoms with Crippen molar-refractivity contribution in [2.24, 2.45) is 0 Å². The van der Waals surface area contributed by atoms with Crippen molar-refractivity contribution in [3.63, 3.8) is 0 Å². The first-order valence-corrected chi connectivity index (χ1v) is 8.97. The van der Waals surface area contributed by atoms with Gasteiger partial charge in [-0.3, -0.25) is 14.5 Å². The lowest BCUT2D eigenvalue weighted by Crippen LogP contribution is -2.32. The summed E-state index contributed by atoms with van der Waals surface area (Å²) in [4.78, 5) is 27.1. The van der Waals surface area contributed by atoms with Gasteiger partial charge in [-0.1, -0.05) is 24.3 Å². The van der Waals surface area contributed by atoms with Crippen LogP contribution in [0.15, 0.2) is 42.1 Å². The van der Waals surface area contributed by atoms with Crippen molar-refractivity contribution < 1.29 is 14.3 Å². The molecule has 1 heterocycles. The van der Waals surface area contributed by atoms with Gasteiger partial charge in [-0.15, -0.1) is 0 Å². The Balaban J connectivity index is 2.16. The predicted molar refractivity (Wildman–Crippen MR) is 107 cm³/mol. The van der Waals surface area contributed by atoms with Gasteiger partial charge in [0.1, 0.15) is 11.4 Å². The second-order valence-corrected chi connectivity index (χ2v) is 6.73. The zero-order valence-electron chi connectivity index (χ0n) is 16.3. The molecule has 0 atom stereocenters. The number of aryl methyl sites for hydroxylation is 3. The van der Waals surface area contributed by atoms with E-state index < -0.39 is 0 Å². The van der Waals surface area contributed by atoms with E-state index in [1.807, 2.05) is 57.2 Å². The number of nitrogens with zero attached hydrogens (tertiary/aromatic N) is 1. The predicted octanol–water partition coefficient (Wildman–Crippen LogP) is 3.83. The Morgan fingerprint density at radius 3 is 2.33 bits per heavy atom. The van der Waals surface area contributed by atoms with Gasteiger partial charge < -0.3 is 10.1 Å². The Hall–Kier alpha value is -3.08. The Bertz CT molecular complexity index is 960. The molecule has 5 nitrogen and oxygen atoms in total. The summed E-state index contributed by atoms with van der Waals surface area (Å²) in [6.45, 7) is 8.09. The Morgan fingerprint density at radius 1 is 0.963 bits per heavy atom. The minimum absolute atomic E-state index is 0.278. The molecule has 27 heavy (non-hydrogen) atoms. The first kappa shape index (κ1) is 18.7. The van der Waals surface area contributed by atoms with Crippen LogP contribution in [0.4, 0.5) is 5.69 Å². The van der Waals surface area contributed by atoms with Crippen LogP contribution in [0.5, 0.6) is 5.75 Å². The fourth-order valence-corrected chi connectivity index (χ4v) is 3.20. The summed E-state index contributed by atoms with van der Waals surface area (Å²) in [5, 5.41) is 3.17. The maximum Gasteiger partial charge on any atom is 0.278 e. The minimum atomic E-state index is -0.320. The van der Waals surface area contributed by atoms with Crippen LogP contribution >= 0.6 is 0 Å². The highest BCUT2D eigenvalue weighted by molar-refractivity contribution is 6.36. The van der Waals surface area contributed by atoms with Crippen molar-refractivity contribution in [1.29, 1.82) is 0 Å². The molecule has 0 saturated heterocycles. The van der Waals surface area contributed by atoms with E-state index in [9.17, 15) is 9.59 Å². The van der Waals surface area contributed by atoms with Crippen LogP contribution < -0.4 is 10.1 Å². The van der Waals surface area contributed by atoms with Crippen LogP contribution in [0.25, 0.3) is 5.57 Å². The molecule has 0 spiro atoms. The van der Waals surface area contributed by atoms with Crippen molar-refractivity contribution >= 4 is 23.1 Å². The zero-order valence-corrected chi connectivity index (χ0v) is 16.3. The maximum atomic E-state index is 12.9. The van der Waals surface area contributed by atoms with Gasteiger partial charge in [0.2, 0.25) is 0 Å². The maximum absolute atomic E-state index is 12.9. The van der Waals surface area contributed by atoms with Crippen molar-refractivity contribution in [2.45, 2.75) is 27.7 Å². The van der Waals surface area contributed by atoms with Crippen molar-refractivity contribution in [3.05, 3.63) is 64.3 Å². The lowest BCUT2D eigenvalue weighted by Gasteiger charge is -2.14. The molecule has 0 fully saturated rings. The number of imide groups is 1. The SMILES string of the molecule is CCN1C(=O)C(Nc2cc(C)ccc2OC)=C(c2ccc(C)c(C)c2)C1=O. The number of nitrogens with one attached hydrogen (secondary N) is 1.